The highest BCUT2D eigenvalue weighted by molar-refractivity contribution is 6.00. The van der Waals surface area contributed by atoms with Gasteiger partial charge in [-0.2, -0.15) is 5.10 Å². The van der Waals surface area contributed by atoms with Crippen molar-refractivity contribution in [1.29, 1.82) is 0 Å². The number of rotatable bonds is 4. The third-order valence-electron chi connectivity index (χ3n) is 5.72. The van der Waals surface area contributed by atoms with E-state index < -0.39 is 0 Å². The van der Waals surface area contributed by atoms with Gasteiger partial charge in [-0.25, -0.2) is 4.68 Å². The van der Waals surface area contributed by atoms with E-state index in [0.29, 0.717) is 23.3 Å². The van der Waals surface area contributed by atoms with Gasteiger partial charge >= 0.3 is 0 Å². The van der Waals surface area contributed by atoms with Crippen molar-refractivity contribution in [3.05, 3.63) is 66.6 Å². The quantitative estimate of drug-likeness (QED) is 0.640. The van der Waals surface area contributed by atoms with Crippen LogP contribution in [0.4, 0.5) is 0 Å². The molecule has 0 spiro atoms. The van der Waals surface area contributed by atoms with E-state index in [0.717, 1.165) is 24.1 Å². The van der Waals surface area contributed by atoms with Crippen molar-refractivity contribution in [3.8, 4) is 16.9 Å². The van der Waals surface area contributed by atoms with E-state index in [1.807, 2.05) is 48.7 Å². The summed E-state index contributed by atoms with van der Waals surface area (Å²) in [5, 5.41) is 11.6. The molecule has 30 heavy (non-hydrogen) atoms. The summed E-state index contributed by atoms with van der Waals surface area (Å²) in [6.07, 6.45) is 9.71. The number of nitrogens with one attached hydrogen (secondary N) is 2. The molecule has 3 aromatic rings. The highest BCUT2D eigenvalue weighted by atomic mass is 35.5. The predicted octanol–water partition coefficient (Wildman–Crippen LogP) is 3.79. The third kappa shape index (κ3) is 4.51. The molecule has 2 fully saturated rings. The standard InChI is InChI=1S/C22H23N5O.2ClH/c28-22(25-18-11-16-8-9-17(12-18)24-16)20-14-27(19-6-2-1-3-7-19)26-21(20)15-5-4-10-23-13-15;;/h1-7,10,13-14,16-18,24H,8-9,11-12H2,(H,25,28);2*1H. The fraction of sp³-hybridized carbons (Fsp3) is 0.318. The van der Waals surface area contributed by atoms with Crippen LogP contribution in [0.15, 0.2) is 61.1 Å². The molecule has 0 radical (unpaired) electrons. The Hall–Kier alpha value is -2.41. The molecule has 6 nitrogen and oxygen atoms in total. The predicted molar refractivity (Wildman–Crippen MR) is 122 cm³/mol. The summed E-state index contributed by atoms with van der Waals surface area (Å²) in [4.78, 5) is 17.4. The minimum atomic E-state index is -0.0627. The van der Waals surface area contributed by atoms with Gasteiger partial charge in [0.1, 0.15) is 5.69 Å². The van der Waals surface area contributed by atoms with E-state index in [1.54, 1.807) is 17.1 Å². The fourth-order valence-electron chi connectivity index (χ4n) is 4.41. The zero-order valence-corrected chi connectivity index (χ0v) is 18.0. The van der Waals surface area contributed by atoms with Crippen LogP contribution in [0.2, 0.25) is 0 Å². The first-order valence-electron chi connectivity index (χ1n) is 9.88. The summed E-state index contributed by atoms with van der Waals surface area (Å²) in [6.45, 7) is 0. The Bertz CT molecular complexity index is 968. The molecule has 2 atom stereocenters. The lowest BCUT2D eigenvalue weighted by Gasteiger charge is -2.29. The molecule has 4 heterocycles. The van der Waals surface area contributed by atoms with Gasteiger partial charge in [-0.05, 0) is 49.9 Å². The molecular weight excluding hydrogens is 421 g/mol. The van der Waals surface area contributed by atoms with Gasteiger partial charge in [-0.15, -0.1) is 24.8 Å². The Balaban J connectivity index is 0.00000128. The van der Waals surface area contributed by atoms with Crippen LogP contribution in [0, 0.1) is 0 Å². The van der Waals surface area contributed by atoms with Gasteiger partial charge in [0.15, 0.2) is 0 Å². The number of piperidine rings is 1. The monoisotopic (exact) mass is 445 g/mol. The second kappa shape index (κ2) is 9.60. The number of halogens is 2. The molecule has 2 bridgehead atoms. The van der Waals surface area contributed by atoms with Crippen molar-refractivity contribution in [3.63, 3.8) is 0 Å². The first-order chi connectivity index (χ1) is 13.8. The second-order valence-electron chi connectivity index (χ2n) is 7.69. The molecule has 1 amide bonds. The molecule has 2 aliphatic rings. The SMILES string of the molecule is Cl.Cl.O=C(NC1CC2CCC(C1)N2)c1cn(-c2ccccc2)nc1-c1cccnc1. The van der Waals surface area contributed by atoms with Crippen LogP contribution in [0.5, 0.6) is 0 Å². The van der Waals surface area contributed by atoms with Crippen molar-refractivity contribution < 1.29 is 4.79 Å². The highest BCUT2D eigenvalue weighted by Crippen LogP contribution is 2.28. The van der Waals surface area contributed by atoms with Gasteiger partial charge in [-0.1, -0.05) is 18.2 Å². The first-order valence-corrected chi connectivity index (χ1v) is 9.88. The van der Waals surface area contributed by atoms with Gasteiger partial charge in [0.05, 0.1) is 11.3 Å². The normalized spacial score (nSPS) is 21.9. The summed E-state index contributed by atoms with van der Waals surface area (Å²) in [6, 6.07) is 14.9. The van der Waals surface area contributed by atoms with Gasteiger partial charge in [0.25, 0.3) is 5.91 Å². The Kier molecular flexibility index (Phi) is 7.13. The van der Waals surface area contributed by atoms with Crippen LogP contribution < -0.4 is 10.6 Å². The minimum Gasteiger partial charge on any atom is -0.349 e. The molecule has 2 N–H and O–H groups in total. The van der Waals surface area contributed by atoms with Crippen LogP contribution in [0.3, 0.4) is 0 Å². The largest absolute Gasteiger partial charge is 0.349 e. The lowest BCUT2D eigenvalue weighted by molar-refractivity contribution is 0.0924. The Morgan fingerprint density at radius 2 is 1.77 bits per heavy atom. The fourth-order valence-corrected chi connectivity index (χ4v) is 4.41. The van der Waals surface area contributed by atoms with E-state index in [2.05, 4.69) is 15.6 Å². The number of benzene rings is 1. The Morgan fingerprint density at radius 3 is 2.43 bits per heavy atom. The van der Waals surface area contributed by atoms with E-state index in [-0.39, 0.29) is 36.8 Å². The maximum atomic E-state index is 13.2. The average molecular weight is 446 g/mol. The molecule has 2 unspecified atom stereocenters. The number of aromatic nitrogens is 3. The molecule has 2 aliphatic heterocycles. The van der Waals surface area contributed by atoms with Crippen LogP contribution in [-0.2, 0) is 0 Å². The Morgan fingerprint density at radius 1 is 1.03 bits per heavy atom. The number of amides is 1. The average Bonchev–Trinajstić information content (AvgIpc) is 3.33. The molecule has 8 heteroatoms. The summed E-state index contributed by atoms with van der Waals surface area (Å²) >= 11 is 0. The van der Waals surface area contributed by atoms with Crippen LogP contribution >= 0.6 is 24.8 Å². The molecule has 1 aromatic carbocycles. The van der Waals surface area contributed by atoms with E-state index in [1.165, 1.54) is 12.8 Å². The van der Waals surface area contributed by atoms with Crippen molar-refractivity contribution in [2.75, 3.05) is 0 Å². The third-order valence-corrected chi connectivity index (χ3v) is 5.72. The highest BCUT2D eigenvalue weighted by Gasteiger charge is 2.34. The number of hydrogen-bond acceptors (Lipinski definition) is 4. The molecule has 158 valence electrons. The maximum Gasteiger partial charge on any atom is 0.255 e. The zero-order valence-electron chi connectivity index (χ0n) is 16.4. The zero-order chi connectivity index (χ0) is 18.9. The molecule has 5 rings (SSSR count). The lowest BCUT2D eigenvalue weighted by Crippen LogP contribution is -2.48. The van der Waals surface area contributed by atoms with Gasteiger partial charge < -0.3 is 10.6 Å². The number of carbonyl (C=O) groups excluding carboxylic acids is 1. The molecule has 2 aromatic heterocycles. The molecule has 0 aliphatic carbocycles. The van der Waals surface area contributed by atoms with E-state index >= 15 is 0 Å². The number of para-hydroxylation sites is 1. The number of fused-ring (bicyclic) bond motifs is 2. The molecule has 2 saturated heterocycles. The van der Waals surface area contributed by atoms with Crippen molar-refractivity contribution in [1.82, 2.24) is 25.4 Å². The van der Waals surface area contributed by atoms with Crippen molar-refractivity contribution >= 4 is 30.7 Å². The molecule has 0 saturated carbocycles. The smallest absolute Gasteiger partial charge is 0.255 e. The summed E-state index contributed by atoms with van der Waals surface area (Å²) in [5.41, 5.74) is 3.01. The van der Waals surface area contributed by atoms with E-state index in [9.17, 15) is 4.79 Å². The molecular formula is C22H25Cl2N5O. The van der Waals surface area contributed by atoms with Gasteiger partial charge in [-0.3, -0.25) is 9.78 Å². The number of nitrogens with zero attached hydrogens (tertiary/aromatic N) is 3. The van der Waals surface area contributed by atoms with E-state index in [4.69, 9.17) is 5.10 Å². The number of carbonyl (C=O) groups is 1. The lowest BCUT2D eigenvalue weighted by atomic mass is 9.99. The summed E-state index contributed by atoms with van der Waals surface area (Å²) < 4.78 is 1.77. The minimum absolute atomic E-state index is 0. The van der Waals surface area contributed by atoms with Crippen LogP contribution in [0.25, 0.3) is 16.9 Å². The number of pyridine rings is 1. The van der Waals surface area contributed by atoms with Crippen molar-refractivity contribution in [2.45, 2.75) is 43.8 Å². The maximum absolute atomic E-state index is 13.2. The van der Waals surface area contributed by atoms with Crippen molar-refractivity contribution in [2.24, 2.45) is 0 Å². The summed E-state index contributed by atoms with van der Waals surface area (Å²) in [5.74, 6) is -0.0627. The first kappa shape index (κ1) is 22.3. The summed E-state index contributed by atoms with van der Waals surface area (Å²) in [7, 11) is 0. The topological polar surface area (TPSA) is 71.8 Å². The number of hydrogen-bond donors (Lipinski definition) is 2. The van der Waals surface area contributed by atoms with Gasteiger partial charge in [0, 0.05) is 42.3 Å². The Labute approximate surface area is 188 Å². The second-order valence-corrected chi connectivity index (χ2v) is 7.69. The van der Waals surface area contributed by atoms with Crippen LogP contribution in [-0.4, -0.2) is 38.8 Å². The van der Waals surface area contributed by atoms with Crippen LogP contribution in [0.1, 0.15) is 36.0 Å². The van der Waals surface area contributed by atoms with Gasteiger partial charge in [0.2, 0.25) is 0 Å².